The van der Waals surface area contributed by atoms with Gasteiger partial charge in [0.1, 0.15) is 6.26 Å². The Bertz CT molecular complexity index is 711. The van der Waals surface area contributed by atoms with E-state index >= 15 is 0 Å². The lowest BCUT2D eigenvalue weighted by molar-refractivity contribution is 0.487. The molecule has 3 nitrogen and oxygen atoms in total. The van der Waals surface area contributed by atoms with Gasteiger partial charge in [-0.3, -0.25) is 4.57 Å². The first-order valence-electron chi connectivity index (χ1n) is 6.12. The maximum atomic E-state index is 11.8. The van der Waals surface area contributed by atoms with Gasteiger partial charge in [0.25, 0.3) is 0 Å². The van der Waals surface area contributed by atoms with E-state index in [0.29, 0.717) is 6.54 Å². The van der Waals surface area contributed by atoms with Crippen LogP contribution < -0.4 is 5.76 Å². The third-order valence-corrected chi connectivity index (χ3v) is 3.04. The molecule has 19 heavy (non-hydrogen) atoms. The van der Waals surface area contributed by atoms with Crippen molar-refractivity contribution in [3.05, 3.63) is 83.0 Å². The van der Waals surface area contributed by atoms with Gasteiger partial charge in [-0.2, -0.15) is 0 Å². The average molecular weight is 251 g/mol. The highest BCUT2D eigenvalue weighted by atomic mass is 16.4. The maximum Gasteiger partial charge on any atom is 0.419 e. The Labute approximate surface area is 110 Å². The minimum absolute atomic E-state index is 0.331. The zero-order valence-corrected chi connectivity index (χ0v) is 10.3. The normalized spacial score (nSPS) is 10.5. The van der Waals surface area contributed by atoms with Crippen molar-refractivity contribution in [2.45, 2.75) is 6.54 Å². The summed E-state index contributed by atoms with van der Waals surface area (Å²) in [6.45, 7) is 0.514. The van der Waals surface area contributed by atoms with Crippen LogP contribution in [0.3, 0.4) is 0 Å². The molecule has 0 atom stereocenters. The first-order chi connectivity index (χ1) is 9.34. The van der Waals surface area contributed by atoms with E-state index in [-0.39, 0.29) is 5.76 Å². The lowest BCUT2D eigenvalue weighted by Crippen LogP contribution is -2.16. The van der Waals surface area contributed by atoms with Crippen LogP contribution >= 0.6 is 0 Å². The number of hydrogen-bond acceptors (Lipinski definition) is 2. The number of benzene rings is 2. The first-order valence-corrected chi connectivity index (χ1v) is 6.12. The van der Waals surface area contributed by atoms with Crippen molar-refractivity contribution in [1.29, 1.82) is 0 Å². The molecule has 0 amide bonds. The Morgan fingerprint density at radius 2 is 1.53 bits per heavy atom. The summed E-state index contributed by atoms with van der Waals surface area (Å²) in [7, 11) is 0. The number of rotatable bonds is 3. The predicted octanol–water partition coefficient (Wildman–Crippen LogP) is 3.16. The van der Waals surface area contributed by atoms with Crippen LogP contribution in [0, 0.1) is 0 Å². The Balaban J connectivity index is 2.03. The van der Waals surface area contributed by atoms with E-state index < -0.39 is 0 Å². The van der Waals surface area contributed by atoms with Crippen LogP contribution in [0.2, 0.25) is 0 Å². The molecule has 0 aliphatic carbocycles. The molecule has 0 N–H and O–H groups in total. The summed E-state index contributed by atoms with van der Waals surface area (Å²) in [5, 5.41) is 0. The van der Waals surface area contributed by atoms with Crippen LogP contribution in [-0.2, 0) is 6.54 Å². The standard InChI is InChI=1S/C16H13NO2/c18-16-17(11-13-7-3-1-4-8-13)15(12-19-16)14-9-5-2-6-10-14/h1-10,12H,11H2. The summed E-state index contributed by atoms with van der Waals surface area (Å²) < 4.78 is 6.67. The fourth-order valence-corrected chi connectivity index (χ4v) is 2.08. The van der Waals surface area contributed by atoms with E-state index in [1.807, 2.05) is 60.7 Å². The Morgan fingerprint density at radius 3 is 2.21 bits per heavy atom. The molecule has 0 aliphatic heterocycles. The third kappa shape index (κ3) is 2.36. The Kier molecular flexibility index (Phi) is 3.02. The lowest BCUT2D eigenvalue weighted by Gasteiger charge is -2.06. The minimum atomic E-state index is -0.331. The highest BCUT2D eigenvalue weighted by Gasteiger charge is 2.10. The van der Waals surface area contributed by atoms with Gasteiger partial charge in [-0.25, -0.2) is 4.79 Å². The molecule has 0 aliphatic rings. The summed E-state index contributed by atoms with van der Waals surface area (Å²) in [4.78, 5) is 11.8. The smallest absolute Gasteiger partial charge is 0.416 e. The average Bonchev–Trinajstić information content (AvgIpc) is 2.82. The molecule has 94 valence electrons. The largest absolute Gasteiger partial charge is 0.419 e. The number of nitrogens with zero attached hydrogens (tertiary/aromatic N) is 1. The maximum absolute atomic E-state index is 11.8. The topological polar surface area (TPSA) is 35.1 Å². The zero-order chi connectivity index (χ0) is 13.1. The van der Waals surface area contributed by atoms with Crippen molar-refractivity contribution in [3.63, 3.8) is 0 Å². The molecule has 3 aromatic rings. The zero-order valence-electron chi connectivity index (χ0n) is 10.3. The Hall–Kier alpha value is -2.55. The molecule has 0 unspecified atom stereocenters. The second kappa shape index (κ2) is 4.98. The molecule has 3 heteroatoms. The van der Waals surface area contributed by atoms with E-state index in [9.17, 15) is 4.79 Å². The van der Waals surface area contributed by atoms with Gasteiger partial charge < -0.3 is 4.42 Å². The molecule has 0 saturated carbocycles. The number of aromatic nitrogens is 1. The van der Waals surface area contributed by atoms with E-state index in [1.54, 1.807) is 4.57 Å². The van der Waals surface area contributed by atoms with Crippen LogP contribution in [-0.4, -0.2) is 4.57 Å². The van der Waals surface area contributed by atoms with Crippen molar-refractivity contribution >= 4 is 0 Å². The molecule has 0 radical (unpaired) electrons. The molecular formula is C16H13NO2. The van der Waals surface area contributed by atoms with Crippen LogP contribution in [0.4, 0.5) is 0 Å². The fourth-order valence-electron chi connectivity index (χ4n) is 2.08. The molecule has 0 bridgehead atoms. The molecular weight excluding hydrogens is 238 g/mol. The number of hydrogen-bond donors (Lipinski definition) is 0. The first kappa shape index (κ1) is 11.5. The van der Waals surface area contributed by atoms with Gasteiger partial charge >= 0.3 is 5.76 Å². The van der Waals surface area contributed by atoms with Crippen molar-refractivity contribution in [2.75, 3.05) is 0 Å². The summed E-state index contributed by atoms with van der Waals surface area (Å²) in [5.41, 5.74) is 2.85. The predicted molar refractivity (Wildman–Crippen MR) is 73.9 cm³/mol. The second-order valence-electron chi connectivity index (χ2n) is 4.32. The van der Waals surface area contributed by atoms with Gasteiger partial charge in [0.2, 0.25) is 0 Å². The van der Waals surface area contributed by atoms with E-state index in [1.165, 1.54) is 6.26 Å². The van der Waals surface area contributed by atoms with Crippen molar-refractivity contribution < 1.29 is 4.42 Å². The van der Waals surface area contributed by atoms with Gasteiger partial charge in [-0.15, -0.1) is 0 Å². The number of oxazole rings is 1. The van der Waals surface area contributed by atoms with Crippen LogP contribution in [0.15, 0.2) is 76.1 Å². The Morgan fingerprint density at radius 1 is 0.895 bits per heavy atom. The van der Waals surface area contributed by atoms with Crippen molar-refractivity contribution in [1.82, 2.24) is 4.57 Å². The molecule has 0 saturated heterocycles. The van der Waals surface area contributed by atoms with Crippen LogP contribution in [0.5, 0.6) is 0 Å². The van der Waals surface area contributed by atoms with E-state index in [4.69, 9.17) is 4.42 Å². The molecule has 3 rings (SSSR count). The molecule has 1 heterocycles. The second-order valence-corrected chi connectivity index (χ2v) is 4.32. The summed E-state index contributed by atoms with van der Waals surface area (Å²) in [5.74, 6) is -0.331. The lowest BCUT2D eigenvalue weighted by atomic mass is 10.1. The molecule has 1 aromatic heterocycles. The van der Waals surface area contributed by atoms with E-state index in [0.717, 1.165) is 16.8 Å². The molecule has 0 spiro atoms. The fraction of sp³-hybridized carbons (Fsp3) is 0.0625. The quantitative estimate of drug-likeness (QED) is 0.716. The van der Waals surface area contributed by atoms with Gasteiger partial charge in [0, 0.05) is 5.56 Å². The summed E-state index contributed by atoms with van der Waals surface area (Å²) in [6, 6.07) is 19.6. The summed E-state index contributed by atoms with van der Waals surface area (Å²) >= 11 is 0. The highest BCUT2D eigenvalue weighted by molar-refractivity contribution is 5.58. The molecule has 0 fully saturated rings. The van der Waals surface area contributed by atoms with Crippen molar-refractivity contribution in [2.24, 2.45) is 0 Å². The molecule has 2 aromatic carbocycles. The monoisotopic (exact) mass is 251 g/mol. The van der Waals surface area contributed by atoms with Gasteiger partial charge in [-0.1, -0.05) is 60.7 Å². The third-order valence-electron chi connectivity index (χ3n) is 3.04. The minimum Gasteiger partial charge on any atom is -0.416 e. The van der Waals surface area contributed by atoms with Gasteiger partial charge in [0.05, 0.1) is 12.2 Å². The van der Waals surface area contributed by atoms with Crippen LogP contribution in [0.25, 0.3) is 11.3 Å². The van der Waals surface area contributed by atoms with Gasteiger partial charge in [-0.05, 0) is 5.56 Å². The van der Waals surface area contributed by atoms with Gasteiger partial charge in [0.15, 0.2) is 0 Å². The highest BCUT2D eigenvalue weighted by Crippen LogP contribution is 2.18. The van der Waals surface area contributed by atoms with Crippen LogP contribution in [0.1, 0.15) is 5.56 Å². The SMILES string of the molecule is O=c1occ(-c2ccccc2)n1Cc1ccccc1. The van der Waals surface area contributed by atoms with E-state index in [2.05, 4.69) is 0 Å². The van der Waals surface area contributed by atoms with Crippen molar-refractivity contribution in [3.8, 4) is 11.3 Å². The summed E-state index contributed by atoms with van der Waals surface area (Å²) in [6.07, 6.45) is 1.51.